The van der Waals surface area contributed by atoms with E-state index in [1.54, 1.807) is 6.20 Å². The molecule has 0 bridgehead atoms. The highest BCUT2D eigenvalue weighted by molar-refractivity contribution is 6.04. The molecule has 0 aliphatic carbocycles. The first-order valence-electron chi connectivity index (χ1n) is 10.4. The van der Waals surface area contributed by atoms with E-state index >= 15 is 0 Å². The Hall–Kier alpha value is -3.84. The zero-order valence-corrected chi connectivity index (χ0v) is 18.2. The van der Waals surface area contributed by atoms with Gasteiger partial charge in [0.05, 0.1) is 16.9 Å². The number of hydrogen-bond donors (Lipinski definition) is 3. The number of halogens is 2. The molecule has 4 rings (SSSR count). The quantitative estimate of drug-likeness (QED) is 0.548. The lowest BCUT2D eigenvalue weighted by Crippen LogP contribution is -2.39. The third kappa shape index (κ3) is 4.54. The fourth-order valence-corrected chi connectivity index (χ4v) is 4.06. The first kappa shape index (κ1) is 22.4. The molecule has 1 aliphatic heterocycles. The zero-order valence-electron chi connectivity index (χ0n) is 18.2. The van der Waals surface area contributed by atoms with Crippen LogP contribution in [0.1, 0.15) is 40.7 Å². The molecule has 1 aliphatic rings. The van der Waals surface area contributed by atoms with E-state index < -0.39 is 23.1 Å². The summed E-state index contributed by atoms with van der Waals surface area (Å²) in [6.07, 6.45) is 3.65. The topological polar surface area (TPSA) is 124 Å². The van der Waals surface area contributed by atoms with E-state index in [9.17, 15) is 18.8 Å². The molecule has 170 valence electrons. The van der Waals surface area contributed by atoms with Crippen molar-refractivity contribution in [2.45, 2.75) is 32.4 Å². The summed E-state index contributed by atoms with van der Waals surface area (Å²) in [6, 6.07) is 4.98. The van der Waals surface area contributed by atoms with Gasteiger partial charge in [0, 0.05) is 54.8 Å². The lowest BCUT2D eigenvalue weighted by atomic mass is 9.97. The molecule has 1 saturated heterocycles. The van der Waals surface area contributed by atoms with Crippen LogP contribution in [0.4, 0.5) is 14.5 Å². The molecule has 1 aromatic carbocycles. The van der Waals surface area contributed by atoms with Crippen molar-refractivity contribution in [1.82, 2.24) is 20.5 Å². The van der Waals surface area contributed by atoms with Crippen molar-refractivity contribution in [2.24, 2.45) is 5.73 Å². The number of aromatic amines is 1. The predicted octanol–water partition coefficient (Wildman–Crippen LogP) is 2.79. The van der Waals surface area contributed by atoms with Gasteiger partial charge in [-0.2, -0.15) is 10.4 Å². The van der Waals surface area contributed by atoms with E-state index in [2.05, 4.69) is 20.5 Å². The Morgan fingerprint density at radius 3 is 2.67 bits per heavy atom. The molecule has 10 heteroatoms. The Balaban J connectivity index is 1.85. The van der Waals surface area contributed by atoms with Crippen LogP contribution in [0.5, 0.6) is 0 Å². The molecule has 2 aromatic heterocycles. The van der Waals surface area contributed by atoms with E-state index in [-0.39, 0.29) is 28.9 Å². The average molecular weight is 451 g/mol. The number of carbonyl (C=O) groups is 1. The van der Waals surface area contributed by atoms with Crippen LogP contribution < -0.4 is 16.0 Å². The number of benzene rings is 1. The number of amides is 1. The molecule has 3 heterocycles. The highest BCUT2D eigenvalue weighted by atomic mass is 19.1. The maximum absolute atomic E-state index is 14.1. The van der Waals surface area contributed by atoms with Gasteiger partial charge in [-0.1, -0.05) is 0 Å². The smallest absolute Gasteiger partial charge is 0.255 e. The zero-order chi connectivity index (χ0) is 23.8. The van der Waals surface area contributed by atoms with Crippen molar-refractivity contribution in [3.63, 3.8) is 0 Å². The second-order valence-electron chi connectivity index (χ2n) is 8.52. The molecule has 1 atom stereocenters. The van der Waals surface area contributed by atoms with Crippen molar-refractivity contribution >= 4 is 11.6 Å². The SMILES string of the molecule is Cc1n[nH]cc1CNC(=O)c1cnc(C#N)c(-c2cc(F)cc(F)c2)c1N1CC[C@](C)(N)C1. The molecule has 0 unspecified atom stereocenters. The minimum absolute atomic E-state index is 0.0390. The van der Waals surface area contributed by atoms with Crippen LogP contribution in [-0.4, -0.2) is 39.7 Å². The molecular weight excluding hydrogens is 428 g/mol. The summed E-state index contributed by atoms with van der Waals surface area (Å²) in [5.74, 6) is -2.03. The van der Waals surface area contributed by atoms with Gasteiger partial charge < -0.3 is 16.0 Å². The van der Waals surface area contributed by atoms with Crippen molar-refractivity contribution in [1.29, 1.82) is 5.26 Å². The van der Waals surface area contributed by atoms with Crippen LogP contribution in [0.2, 0.25) is 0 Å². The number of carbonyl (C=O) groups excluding carboxylic acids is 1. The highest BCUT2D eigenvalue weighted by Crippen LogP contribution is 2.39. The summed E-state index contributed by atoms with van der Waals surface area (Å²) in [4.78, 5) is 19.3. The van der Waals surface area contributed by atoms with Gasteiger partial charge in [-0.3, -0.25) is 9.89 Å². The van der Waals surface area contributed by atoms with Crippen LogP contribution in [-0.2, 0) is 6.54 Å². The first-order chi connectivity index (χ1) is 15.7. The Bertz CT molecular complexity index is 1240. The van der Waals surface area contributed by atoms with Gasteiger partial charge in [0.1, 0.15) is 23.4 Å². The van der Waals surface area contributed by atoms with Crippen molar-refractivity contribution in [3.05, 3.63) is 64.7 Å². The molecule has 33 heavy (non-hydrogen) atoms. The molecule has 1 fully saturated rings. The monoisotopic (exact) mass is 451 g/mol. The van der Waals surface area contributed by atoms with Crippen LogP contribution in [0.25, 0.3) is 11.1 Å². The summed E-state index contributed by atoms with van der Waals surface area (Å²) >= 11 is 0. The van der Waals surface area contributed by atoms with Crippen LogP contribution in [0, 0.1) is 29.9 Å². The van der Waals surface area contributed by atoms with E-state index in [4.69, 9.17) is 5.73 Å². The van der Waals surface area contributed by atoms with E-state index in [0.29, 0.717) is 25.2 Å². The van der Waals surface area contributed by atoms with Crippen LogP contribution in [0.3, 0.4) is 0 Å². The third-order valence-electron chi connectivity index (χ3n) is 5.75. The van der Waals surface area contributed by atoms with Crippen LogP contribution in [0.15, 0.2) is 30.6 Å². The minimum atomic E-state index is -0.796. The third-order valence-corrected chi connectivity index (χ3v) is 5.75. The molecule has 3 aromatic rings. The molecule has 0 saturated carbocycles. The Labute approximate surface area is 189 Å². The second kappa shape index (κ2) is 8.60. The fourth-order valence-electron chi connectivity index (χ4n) is 4.06. The van der Waals surface area contributed by atoms with E-state index in [1.165, 1.54) is 6.20 Å². The predicted molar refractivity (Wildman–Crippen MR) is 118 cm³/mol. The van der Waals surface area contributed by atoms with Gasteiger partial charge in [-0.05, 0) is 38.0 Å². The Morgan fingerprint density at radius 1 is 1.36 bits per heavy atom. The summed E-state index contributed by atoms with van der Waals surface area (Å²) in [7, 11) is 0. The van der Waals surface area contributed by atoms with Gasteiger partial charge in [0.2, 0.25) is 0 Å². The van der Waals surface area contributed by atoms with Crippen molar-refractivity contribution in [2.75, 3.05) is 18.0 Å². The number of aromatic nitrogens is 3. The Kier molecular flexibility index (Phi) is 5.82. The molecule has 0 radical (unpaired) electrons. The maximum Gasteiger partial charge on any atom is 0.255 e. The number of nitrogens with one attached hydrogen (secondary N) is 2. The summed E-state index contributed by atoms with van der Waals surface area (Å²) < 4.78 is 28.2. The lowest BCUT2D eigenvalue weighted by molar-refractivity contribution is 0.0951. The van der Waals surface area contributed by atoms with Gasteiger partial charge in [0.15, 0.2) is 0 Å². The van der Waals surface area contributed by atoms with Crippen molar-refractivity contribution in [3.8, 4) is 17.2 Å². The molecule has 8 nitrogen and oxygen atoms in total. The van der Waals surface area contributed by atoms with E-state index in [1.807, 2.05) is 24.8 Å². The number of aryl methyl sites for hydroxylation is 1. The second-order valence-corrected chi connectivity index (χ2v) is 8.52. The van der Waals surface area contributed by atoms with Gasteiger partial charge in [0.25, 0.3) is 5.91 Å². The number of anilines is 1. The van der Waals surface area contributed by atoms with E-state index in [0.717, 1.165) is 29.5 Å². The van der Waals surface area contributed by atoms with Gasteiger partial charge in [-0.25, -0.2) is 13.8 Å². The standard InChI is InChI=1S/C23H23F2N7O/c1-13-15(10-30-31-13)9-29-22(33)18-11-28-19(8-26)20(14-5-16(24)7-17(25)6-14)21(18)32-4-3-23(2,27)12-32/h5-7,10-11H,3-4,9,12,27H2,1-2H3,(H,29,33)(H,30,31)/t23-/m0/s1. The first-order valence-corrected chi connectivity index (χ1v) is 10.4. The average Bonchev–Trinajstić information content (AvgIpc) is 3.34. The summed E-state index contributed by atoms with van der Waals surface area (Å²) in [5.41, 5.74) is 8.21. The minimum Gasteiger partial charge on any atom is -0.368 e. The van der Waals surface area contributed by atoms with Crippen molar-refractivity contribution < 1.29 is 13.6 Å². The number of hydrogen-bond acceptors (Lipinski definition) is 6. The number of pyridine rings is 1. The summed E-state index contributed by atoms with van der Waals surface area (Å²) in [6.45, 7) is 4.83. The molecule has 0 spiro atoms. The summed E-state index contributed by atoms with van der Waals surface area (Å²) in [5, 5.41) is 19.3. The van der Waals surface area contributed by atoms with Gasteiger partial charge in [-0.15, -0.1) is 0 Å². The molecule has 4 N–H and O–H groups in total. The number of nitrogens with zero attached hydrogens (tertiary/aromatic N) is 4. The molecular formula is C23H23F2N7O. The highest BCUT2D eigenvalue weighted by Gasteiger charge is 2.34. The number of H-pyrrole nitrogens is 1. The molecule has 1 amide bonds. The van der Waals surface area contributed by atoms with Gasteiger partial charge >= 0.3 is 0 Å². The Morgan fingerprint density at radius 2 is 2.09 bits per heavy atom. The maximum atomic E-state index is 14.1. The van der Waals surface area contributed by atoms with Crippen LogP contribution >= 0.6 is 0 Å². The normalized spacial score (nSPS) is 17.8. The largest absolute Gasteiger partial charge is 0.368 e. The lowest BCUT2D eigenvalue weighted by Gasteiger charge is -2.27. The number of nitriles is 1. The fraction of sp³-hybridized carbons (Fsp3) is 0.304. The number of rotatable bonds is 5. The number of nitrogens with two attached hydrogens (primary N) is 1.